The van der Waals surface area contributed by atoms with E-state index in [4.69, 9.17) is 5.73 Å². The fourth-order valence-corrected chi connectivity index (χ4v) is 14.0. The van der Waals surface area contributed by atoms with E-state index < -0.39 is 178 Å². The fourth-order valence-electron chi connectivity index (χ4n) is 9.29. The Hall–Kier alpha value is -9.53. The molecule has 0 spiro atoms. The standard InChI is InChI=1S/C50H33N9O24S7/c51-42-41-24(19-39(88(75,76)77)46(49(41)62)57-52-25-9-11-27-23(16-25)17-38(87(72,73)74)44(47(27)60)58-53-33-7-3-4-22-8-10-26(20-31(22)33)84(63,64)65)18-37(86(69,70)71)43(42)56-55-35-13-12-30-32(50(35)90(81,82)83)21-40(89(78,79)80)45(48(30)61)59-54-34-14-15-36(85(66,67)68)29-6-2-1-5-28(29)34/h1-21,60-62H,51H2,(H,63,64,65)(H,66,67,68)(H,69,70,71)(H,72,73,74)(H,75,76,77)(H,78,79,80)(H,81,82,83). The molecule has 0 saturated carbocycles. The van der Waals surface area contributed by atoms with E-state index in [1.165, 1.54) is 48.5 Å². The number of benzene rings is 10. The van der Waals surface area contributed by atoms with Gasteiger partial charge in [-0.1, -0.05) is 42.5 Å². The molecule has 0 aliphatic heterocycles. The highest BCUT2D eigenvalue weighted by Gasteiger charge is 2.32. The molecule has 464 valence electrons. The maximum atomic E-state index is 13.2. The van der Waals surface area contributed by atoms with Gasteiger partial charge in [0.25, 0.3) is 70.8 Å². The second kappa shape index (κ2) is 22.2. The van der Waals surface area contributed by atoms with Crippen molar-refractivity contribution in [3.05, 3.63) is 127 Å². The number of phenols is 3. The minimum Gasteiger partial charge on any atom is -0.505 e. The average molecular weight is 1370 g/mol. The lowest BCUT2D eigenvalue weighted by atomic mass is 10.0. The van der Waals surface area contributed by atoms with Crippen molar-refractivity contribution in [2.75, 3.05) is 5.73 Å². The van der Waals surface area contributed by atoms with Gasteiger partial charge in [0.05, 0.1) is 33.0 Å². The summed E-state index contributed by atoms with van der Waals surface area (Å²) in [6, 6.07) is 21.9. The van der Waals surface area contributed by atoms with Gasteiger partial charge in [0, 0.05) is 32.3 Å². The smallest absolute Gasteiger partial charge is 0.297 e. The number of hydrogen-bond donors (Lipinski definition) is 11. The maximum Gasteiger partial charge on any atom is 0.297 e. The van der Waals surface area contributed by atoms with Gasteiger partial charge in [-0.2, -0.15) is 64.0 Å². The minimum absolute atomic E-state index is 0.00933. The maximum absolute atomic E-state index is 13.2. The molecule has 0 fully saturated rings. The lowest BCUT2D eigenvalue weighted by molar-refractivity contribution is 0.471. The van der Waals surface area contributed by atoms with Crippen LogP contribution < -0.4 is 5.73 Å². The highest BCUT2D eigenvalue weighted by Crippen LogP contribution is 2.51. The summed E-state index contributed by atoms with van der Waals surface area (Å²) in [4.78, 5) is -7.63. The van der Waals surface area contributed by atoms with Crippen molar-refractivity contribution in [1.29, 1.82) is 0 Å². The SMILES string of the molecule is Nc1c(N=Nc2ccc3c(O)c(N=Nc4ccc(S(=O)(=O)O)c5ccccc45)c(S(=O)(=O)O)cc3c2S(=O)(=O)O)c(S(=O)(=O)O)cc2cc(S(=O)(=O)O)c(N=Nc3ccc4c(O)c(N=Nc5cccc6ccc(S(=O)(=O)O)cc56)c(S(=O)(=O)O)cc4c3)c(O)c12. The first-order valence-corrected chi connectivity index (χ1v) is 34.1. The van der Waals surface area contributed by atoms with E-state index in [0.29, 0.717) is 29.7 Å². The van der Waals surface area contributed by atoms with Gasteiger partial charge in [-0.3, -0.25) is 31.9 Å². The summed E-state index contributed by atoms with van der Waals surface area (Å²) in [6.45, 7) is 0. The van der Waals surface area contributed by atoms with Crippen LogP contribution in [-0.4, -0.2) is 106 Å². The number of nitrogen functional groups attached to an aromatic ring is 1. The van der Waals surface area contributed by atoms with Crippen LogP contribution in [0.25, 0.3) is 53.9 Å². The summed E-state index contributed by atoms with van der Waals surface area (Å²) in [5, 5.41) is 61.7. The number of nitrogens with zero attached hydrogens (tertiary/aromatic N) is 8. The van der Waals surface area contributed by atoms with E-state index >= 15 is 0 Å². The molecule has 0 radical (unpaired) electrons. The highest BCUT2D eigenvalue weighted by molar-refractivity contribution is 7.87. The van der Waals surface area contributed by atoms with Gasteiger partial charge in [0.2, 0.25) is 0 Å². The first-order chi connectivity index (χ1) is 41.7. The molecular formula is C50H33N9O24S7. The first kappa shape index (κ1) is 63.5. The Morgan fingerprint density at radius 2 is 0.778 bits per heavy atom. The van der Waals surface area contributed by atoms with Gasteiger partial charge in [-0.15, -0.1) is 35.8 Å². The zero-order valence-electron chi connectivity index (χ0n) is 43.8. The summed E-state index contributed by atoms with van der Waals surface area (Å²) >= 11 is 0. The van der Waals surface area contributed by atoms with Crippen molar-refractivity contribution >= 4 is 176 Å². The van der Waals surface area contributed by atoms with Gasteiger partial charge in [0.15, 0.2) is 17.2 Å². The Bertz CT molecular complexity index is 5870. The number of hydrogen-bond acceptors (Lipinski definition) is 26. The third-order valence-electron chi connectivity index (χ3n) is 13.2. The zero-order valence-corrected chi connectivity index (χ0v) is 49.5. The summed E-state index contributed by atoms with van der Waals surface area (Å²) in [7, 11) is -37.3. The molecule has 0 aliphatic rings. The molecule has 0 saturated heterocycles. The van der Waals surface area contributed by atoms with Gasteiger partial charge < -0.3 is 21.1 Å². The van der Waals surface area contributed by atoms with Crippen LogP contribution in [0.5, 0.6) is 17.2 Å². The Morgan fingerprint density at radius 1 is 0.300 bits per heavy atom. The van der Waals surface area contributed by atoms with E-state index in [9.17, 15) is 106 Å². The Morgan fingerprint density at radius 3 is 1.36 bits per heavy atom. The predicted molar refractivity (Wildman–Crippen MR) is 315 cm³/mol. The molecule has 10 aromatic rings. The molecular weight excluding hydrogens is 1340 g/mol. The Labute approximate surface area is 504 Å². The van der Waals surface area contributed by atoms with Crippen LogP contribution in [0.15, 0.2) is 203 Å². The van der Waals surface area contributed by atoms with Gasteiger partial charge in [-0.25, -0.2) is 0 Å². The van der Waals surface area contributed by atoms with E-state index in [0.717, 1.165) is 54.6 Å². The molecule has 40 heteroatoms. The van der Waals surface area contributed by atoms with E-state index in [1.807, 2.05) is 0 Å². The van der Waals surface area contributed by atoms with Gasteiger partial charge in [0.1, 0.15) is 57.8 Å². The molecule has 0 atom stereocenters. The minimum atomic E-state index is -5.73. The summed E-state index contributed by atoms with van der Waals surface area (Å²) in [5.74, 6) is -3.51. The molecule has 33 nitrogen and oxygen atoms in total. The van der Waals surface area contributed by atoms with Crippen molar-refractivity contribution < 1.29 is 106 Å². The third kappa shape index (κ3) is 12.1. The Balaban J connectivity index is 1.07. The number of aromatic hydroxyl groups is 3. The predicted octanol–water partition coefficient (Wildman–Crippen LogP) is 10.5. The third-order valence-corrected chi connectivity index (χ3v) is 19.4. The summed E-state index contributed by atoms with van der Waals surface area (Å²) in [6.07, 6.45) is 0. The Kier molecular flexibility index (Phi) is 15.7. The molecule has 0 aliphatic carbocycles. The molecule has 10 aromatic carbocycles. The van der Waals surface area contributed by atoms with E-state index in [1.54, 1.807) is 0 Å². The molecule has 10 rings (SSSR count). The van der Waals surface area contributed by atoms with E-state index in [2.05, 4.69) is 40.9 Å². The number of anilines is 1. The monoisotopic (exact) mass is 1370 g/mol. The van der Waals surface area contributed by atoms with Crippen LogP contribution in [0.3, 0.4) is 0 Å². The second-order valence-electron chi connectivity index (χ2n) is 18.8. The molecule has 0 heterocycles. The van der Waals surface area contributed by atoms with Crippen LogP contribution >= 0.6 is 0 Å². The van der Waals surface area contributed by atoms with Crippen LogP contribution in [0.4, 0.5) is 51.2 Å². The lowest BCUT2D eigenvalue weighted by Crippen LogP contribution is -2.04. The van der Waals surface area contributed by atoms with E-state index in [-0.39, 0.29) is 44.0 Å². The van der Waals surface area contributed by atoms with Crippen molar-refractivity contribution in [2.24, 2.45) is 40.9 Å². The first-order valence-electron chi connectivity index (χ1n) is 24.0. The molecule has 12 N–H and O–H groups in total. The fraction of sp³-hybridized carbons (Fsp3) is 0. The van der Waals surface area contributed by atoms with Gasteiger partial charge >= 0.3 is 0 Å². The van der Waals surface area contributed by atoms with Crippen molar-refractivity contribution in [3.8, 4) is 17.2 Å². The average Bonchev–Trinajstić information content (AvgIpc) is 0.957. The van der Waals surface area contributed by atoms with Crippen LogP contribution in [0, 0.1) is 0 Å². The van der Waals surface area contributed by atoms with Crippen LogP contribution in [0.2, 0.25) is 0 Å². The summed E-state index contributed by atoms with van der Waals surface area (Å²) in [5.41, 5.74) is -0.680. The molecule has 0 unspecified atom stereocenters. The number of nitrogens with two attached hydrogens (primary N) is 1. The molecule has 90 heavy (non-hydrogen) atoms. The van der Waals surface area contributed by atoms with Gasteiger partial charge in [-0.05, 0) is 101 Å². The highest BCUT2D eigenvalue weighted by atomic mass is 32.2. The molecule has 0 aromatic heterocycles. The molecule has 0 bridgehead atoms. The quantitative estimate of drug-likeness (QED) is 0.0258. The topological polar surface area (TPSA) is 566 Å². The normalized spacial score (nSPS) is 13.5. The van der Waals surface area contributed by atoms with Crippen LogP contribution in [0.1, 0.15) is 0 Å². The van der Waals surface area contributed by atoms with Crippen molar-refractivity contribution in [2.45, 2.75) is 34.3 Å². The van der Waals surface area contributed by atoms with Crippen LogP contribution in [-0.2, 0) is 70.8 Å². The zero-order chi connectivity index (χ0) is 65.7. The summed E-state index contributed by atoms with van der Waals surface area (Å²) < 4.78 is 248. The number of fused-ring (bicyclic) bond motifs is 5. The molecule has 0 amide bonds. The number of azo groups is 4. The van der Waals surface area contributed by atoms with Crippen molar-refractivity contribution in [3.63, 3.8) is 0 Å². The number of phenolic OH excluding ortho intramolecular Hbond substituents is 3. The second-order valence-corrected chi connectivity index (χ2v) is 28.5. The number of rotatable bonds is 15. The lowest BCUT2D eigenvalue weighted by Gasteiger charge is -2.14. The largest absolute Gasteiger partial charge is 0.505 e. The van der Waals surface area contributed by atoms with Crippen molar-refractivity contribution in [1.82, 2.24) is 0 Å².